The second-order valence-electron chi connectivity index (χ2n) is 5.97. The summed E-state index contributed by atoms with van der Waals surface area (Å²) in [5, 5.41) is 8.94. The van der Waals surface area contributed by atoms with Crippen LogP contribution in [-0.2, 0) is 10.0 Å². The SMILES string of the molecule is CC(C)c1ccc(S(=O)(=O)N2CCN([C@@H](C)C#N)CC2)cc1. The molecule has 1 aromatic carbocycles. The maximum atomic E-state index is 12.7. The highest BCUT2D eigenvalue weighted by Crippen LogP contribution is 2.21. The van der Waals surface area contributed by atoms with Crippen LogP contribution in [0.2, 0.25) is 0 Å². The number of benzene rings is 1. The molecule has 0 unspecified atom stereocenters. The molecule has 0 N–H and O–H groups in total. The summed E-state index contributed by atoms with van der Waals surface area (Å²) < 4.78 is 26.8. The summed E-state index contributed by atoms with van der Waals surface area (Å²) in [7, 11) is -3.44. The van der Waals surface area contributed by atoms with E-state index in [-0.39, 0.29) is 6.04 Å². The fourth-order valence-electron chi connectivity index (χ4n) is 2.59. The monoisotopic (exact) mass is 321 g/mol. The van der Waals surface area contributed by atoms with Gasteiger partial charge in [-0.05, 0) is 30.5 Å². The van der Waals surface area contributed by atoms with Gasteiger partial charge in [-0.2, -0.15) is 9.57 Å². The van der Waals surface area contributed by atoms with E-state index < -0.39 is 10.0 Å². The van der Waals surface area contributed by atoms with Crippen molar-refractivity contribution in [3.05, 3.63) is 29.8 Å². The Morgan fingerprint density at radius 3 is 2.05 bits per heavy atom. The molecule has 22 heavy (non-hydrogen) atoms. The maximum absolute atomic E-state index is 12.7. The smallest absolute Gasteiger partial charge is 0.243 e. The van der Waals surface area contributed by atoms with E-state index in [2.05, 4.69) is 19.9 Å². The van der Waals surface area contributed by atoms with Gasteiger partial charge in [-0.15, -0.1) is 0 Å². The first-order chi connectivity index (χ1) is 10.4. The van der Waals surface area contributed by atoms with Crippen molar-refractivity contribution in [1.82, 2.24) is 9.21 Å². The predicted molar refractivity (Wildman–Crippen MR) is 85.9 cm³/mol. The van der Waals surface area contributed by atoms with E-state index in [9.17, 15) is 8.42 Å². The Kier molecular flexibility index (Phi) is 5.22. The number of nitrogens with zero attached hydrogens (tertiary/aromatic N) is 3. The third-order valence-corrected chi connectivity index (χ3v) is 6.11. The van der Waals surface area contributed by atoms with Gasteiger partial charge in [-0.25, -0.2) is 8.42 Å². The normalized spacial score (nSPS) is 19.0. The molecular formula is C16H23N3O2S. The van der Waals surface area contributed by atoms with Gasteiger partial charge < -0.3 is 0 Å². The summed E-state index contributed by atoms with van der Waals surface area (Å²) in [6.07, 6.45) is 0. The van der Waals surface area contributed by atoms with Gasteiger partial charge in [-0.3, -0.25) is 4.90 Å². The molecule has 0 amide bonds. The highest BCUT2D eigenvalue weighted by atomic mass is 32.2. The average Bonchev–Trinajstić information content (AvgIpc) is 2.54. The van der Waals surface area contributed by atoms with E-state index in [1.165, 1.54) is 4.31 Å². The molecular weight excluding hydrogens is 298 g/mol. The lowest BCUT2D eigenvalue weighted by Crippen LogP contribution is -2.50. The lowest BCUT2D eigenvalue weighted by atomic mass is 10.0. The molecule has 0 saturated carbocycles. The van der Waals surface area contributed by atoms with Gasteiger partial charge in [-0.1, -0.05) is 26.0 Å². The van der Waals surface area contributed by atoms with Crippen molar-refractivity contribution in [2.75, 3.05) is 26.2 Å². The van der Waals surface area contributed by atoms with Crippen molar-refractivity contribution in [2.45, 2.75) is 37.6 Å². The lowest BCUT2D eigenvalue weighted by Gasteiger charge is -2.35. The molecule has 1 fully saturated rings. The van der Waals surface area contributed by atoms with Crippen molar-refractivity contribution >= 4 is 10.0 Å². The fraction of sp³-hybridized carbons (Fsp3) is 0.562. The third kappa shape index (κ3) is 3.49. The van der Waals surface area contributed by atoms with E-state index in [4.69, 9.17) is 5.26 Å². The Hall–Kier alpha value is -1.42. The van der Waals surface area contributed by atoms with Crippen LogP contribution in [0.5, 0.6) is 0 Å². The standard InChI is InChI=1S/C16H23N3O2S/c1-13(2)15-4-6-16(7-5-15)22(20,21)19-10-8-18(9-11-19)14(3)12-17/h4-7,13-14H,8-11H2,1-3H3/t14-/m0/s1. The van der Waals surface area contributed by atoms with Crippen LogP contribution in [-0.4, -0.2) is 49.8 Å². The van der Waals surface area contributed by atoms with Crippen LogP contribution in [0.4, 0.5) is 0 Å². The van der Waals surface area contributed by atoms with E-state index in [0.29, 0.717) is 37.0 Å². The predicted octanol–water partition coefficient (Wildman–Crippen LogP) is 2.03. The first-order valence-corrected chi connectivity index (χ1v) is 9.04. The number of rotatable bonds is 4. The minimum atomic E-state index is -3.44. The largest absolute Gasteiger partial charge is 0.286 e. The highest BCUT2D eigenvalue weighted by molar-refractivity contribution is 7.89. The van der Waals surface area contributed by atoms with Crippen LogP contribution in [0.15, 0.2) is 29.2 Å². The molecule has 0 aliphatic carbocycles. The zero-order chi connectivity index (χ0) is 16.3. The zero-order valence-corrected chi connectivity index (χ0v) is 14.2. The second kappa shape index (κ2) is 6.78. The molecule has 0 spiro atoms. The first kappa shape index (κ1) is 16.9. The minimum absolute atomic E-state index is 0.171. The number of nitriles is 1. The summed E-state index contributed by atoms with van der Waals surface area (Å²) in [6, 6.07) is 9.16. The van der Waals surface area contributed by atoms with E-state index >= 15 is 0 Å². The van der Waals surface area contributed by atoms with Gasteiger partial charge in [0.2, 0.25) is 10.0 Å². The Balaban J connectivity index is 2.10. The Labute approximate surface area is 133 Å². The highest BCUT2D eigenvalue weighted by Gasteiger charge is 2.29. The Morgan fingerprint density at radius 2 is 1.59 bits per heavy atom. The molecule has 2 rings (SSSR count). The summed E-state index contributed by atoms with van der Waals surface area (Å²) >= 11 is 0. The van der Waals surface area contributed by atoms with Gasteiger partial charge in [0.1, 0.15) is 0 Å². The summed E-state index contributed by atoms with van der Waals surface area (Å²) in [5.41, 5.74) is 1.13. The molecule has 6 heteroatoms. The molecule has 1 aliphatic heterocycles. The van der Waals surface area contributed by atoms with E-state index in [0.717, 1.165) is 5.56 Å². The van der Waals surface area contributed by atoms with E-state index in [1.807, 2.05) is 24.0 Å². The van der Waals surface area contributed by atoms with Gasteiger partial charge in [0.25, 0.3) is 0 Å². The van der Waals surface area contributed by atoms with Crippen molar-refractivity contribution in [2.24, 2.45) is 0 Å². The molecule has 1 aliphatic rings. The number of piperazine rings is 1. The van der Waals surface area contributed by atoms with Crippen LogP contribution in [0.3, 0.4) is 0 Å². The molecule has 0 bridgehead atoms. The topological polar surface area (TPSA) is 64.4 Å². The number of sulfonamides is 1. The Morgan fingerprint density at radius 1 is 1.05 bits per heavy atom. The number of hydrogen-bond acceptors (Lipinski definition) is 4. The van der Waals surface area contributed by atoms with Crippen LogP contribution in [0, 0.1) is 11.3 Å². The first-order valence-electron chi connectivity index (χ1n) is 7.60. The summed E-state index contributed by atoms with van der Waals surface area (Å²) in [4.78, 5) is 2.35. The summed E-state index contributed by atoms with van der Waals surface area (Å²) in [6.45, 7) is 8.06. The minimum Gasteiger partial charge on any atom is -0.286 e. The summed E-state index contributed by atoms with van der Waals surface area (Å²) in [5.74, 6) is 0.382. The molecule has 0 radical (unpaired) electrons. The van der Waals surface area contributed by atoms with E-state index in [1.54, 1.807) is 12.1 Å². The molecule has 1 aromatic rings. The molecule has 1 saturated heterocycles. The van der Waals surface area contributed by atoms with Crippen LogP contribution >= 0.6 is 0 Å². The van der Waals surface area contributed by atoms with Crippen molar-refractivity contribution in [1.29, 1.82) is 5.26 Å². The molecule has 1 atom stereocenters. The molecule has 0 aromatic heterocycles. The van der Waals surface area contributed by atoms with Gasteiger partial charge >= 0.3 is 0 Å². The second-order valence-corrected chi connectivity index (χ2v) is 7.91. The molecule has 1 heterocycles. The number of hydrogen-bond donors (Lipinski definition) is 0. The molecule has 120 valence electrons. The van der Waals surface area contributed by atoms with Gasteiger partial charge in [0.05, 0.1) is 17.0 Å². The van der Waals surface area contributed by atoms with Gasteiger partial charge in [0, 0.05) is 26.2 Å². The maximum Gasteiger partial charge on any atom is 0.243 e. The van der Waals surface area contributed by atoms with Crippen molar-refractivity contribution < 1.29 is 8.42 Å². The fourth-order valence-corrected chi connectivity index (χ4v) is 4.01. The van der Waals surface area contributed by atoms with Crippen LogP contribution in [0.25, 0.3) is 0 Å². The van der Waals surface area contributed by atoms with Crippen LogP contribution in [0.1, 0.15) is 32.3 Å². The molecule has 5 nitrogen and oxygen atoms in total. The zero-order valence-electron chi connectivity index (χ0n) is 13.4. The average molecular weight is 321 g/mol. The van der Waals surface area contributed by atoms with Crippen LogP contribution < -0.4 is 0 Å². The quantitative estimate of drug-likeness (QED) is 0.851. The Bertz CT molecular complexity index is 639. The lowest BCUT2D eigenvalue weighted by molar-refractivity contribution is 0.169. The van der Waals surface area contributed by atoms with Crippen molar-refractivity contribution in [3.63, 3.8) is 0 Å². The van der Waals surface area contributed by atoms with Crippen molar-refractivity contribution in [3.8, 4) is 6.07 Å². The van der Waals surface area contributed by atoms with Gasteiger partial charge in [0.15, 0.2) is 0 Å². The third-order valence-electron chi connectivity index (χ3n) is 4.19.